The number of nitro benzene ring substituents is 1. The Morgan fingerprint density at radius 2 is 1.85 bits per heavy atom. The average Bonchev–Trinajstić information content (AvgIpc) is 3.41. The maximum Gasteiger partial charge on any atom is 0.296 e. The number of furan rings is 1. The van der Waals surface area contributed by atoms with Gasteiger partial charge in [0.2, 0.25) is 0 Å². The Bertz CT molecular complexity index is 1250. The van der Waals surface area contributed by atoms with Crippen molar-refractivity contribution >= 4 is 28.8 Å². The molecule has 1 fully saturated rings. The quantitative estimate of drug-likeness (QED) is 0.200. The van der Waals surface area contributed by atoms with Gasteiger partial charge in [0.05, 0.1) is 29.3 Å². The predicted molar refractivity (Wildman–Crippen MR) is 120 cm³/mol. The molecule has 9 nitrogen and oxygen atoms in total. The number of aliphatic hydroxyl groups is 1. The number of aliphatic hydroxyl groups excluding tert-OH is 1. The van der Waals surface area contributed by atoms with Crippen LogP contribution in [0.3, 0.4) is 0 Å². The number of nitro groups is 1. The summed E-state index contributed by atoms with van der Waals surface area (Å²) in [6.45, 7) is 0.0173. The Labute approximate surface area is 189 Å². The molecule has 0 unspecified atom stereocenters. The van der Waals surface area contributed by atoms with E-state index in [0.29, 0.717) is 11.3 Å². The smallest absolute Gasteiger partial charge is 0.296 e. The number of nitrogens with zero attached hydrogens (tertiary/aromatic N) is 3. The highest BCUT2D eigenvalue weighted by atomic mass is 16.6. The number of carbonyl (C=O) groups is 2. The zero-order chi connectivity index (χ0) is 23.7. The maximum atomic E-state index is 13.1. The van der Waals surface area contributed by atoms with Crippen molar-refractivity contribution in [3.63, 3.8) is 0 Å². The van der Waals surface area contributed by atoms with E-state index in [2.05, 4.69) is 0 Å². The lowest BCUT2D eigenvalue weighted by molar-refractivity contribution is -0.384. The zero-order valence-electron chi connectivity index (χ0n) is 18.0. The second-order valence-corrected chi connectivity index (χ2v) is 7.80. The van der Waals surface area contributed by atoms with E-state index in [1.54, 1.807) is 24.3 Å². The standard InChI is InChI=1S/C24H21N3O6/c1-25(2)17-10-8-15(9-11-17)21-20(22(28)16-5-3-6-18(13-16)27(31)32)23(29)24(30)26(21)14-19-7-4-12-33-19/h3-13,21,28H,14H2,1-2H3/b22-20+/t21-/m0/s1. The molecule has 0 bridgehead atoms. The van der Waals surface area contributed by atoms with Crippen LogP contribution in [0.25, 0.3) is 5.76 Å². The van der Waals surface area contributed by atoms with Crippen molar-refractivity contribution in [1.82, 2.24) is 4.90 Å². The molecule has 1 aromatic heterocycles. The molecule has 1 atom stereocenters. The lowest BCUT2D eigenvalue weighted by Gasteiger charge is -2.25. The van der Waals surface area contributed by atoms with Gasteiger partial charge in [-0.25, -0.2) is 0 Å². The lowest BCUT2D eigenvalue weighted by atomic mass is 9.95. The van der Waals surface area contributed by atoms with E-state index in [1.807, 2.05) is 31.1 Å². The number of likely N-dealkylation sites (tertiary alicyclic amines) is 1. The number of hydrogen-bond donors (Lipinski definition) is 1. The van der Waals surface area contributed by atoms with Crippen molar-refractivity contribution in [2.75, 3.05) is 19.0 Å². The Balaban J connectivity index is 1.86. The Hall–Kier alpha value is -4.40. The molecule has 1 N–H and O–H groups in total. The fraction of sp³-hybridized carbons (Fsp3) is 0.167. The summed E-state index contributed by atoms with van der Waals surface area (Å²) in [4.78, 5) is 39.9. The van der Waals surface area contributed by atoms with Crippen molar-refractivity contribution in [1.29, 1.82) is 0 Å². The van der Waals surface area contributed by atoms with E-state index in [9.17, 15) is 24.8 Å². The first-order valence-corrected chi connectivity index (χ1v) is 10.1. The van der Waals surface area contributed by atoms with Crippen LogP contribution in [0, 0.1) is 10.1 Å². The fourth-order valence-corrected chi connectivity index (χ4v) is 3.84. The minimum atomic E-state index is -0.898. The molecule has 9 heteroatoms. The highest BCUT2D eigenvalue weighted by Gasteiger charge is 2.46. The molecule has 1 amide bonds. The molecule has 0 aliphatic carbocycles. The third kappa shape index (κ3) is 4.08. The van der Waals surface area contributed by atoms with Crippen molar-refractivity contribution in [2.45, 2.75) is 12.6 Å². The molecular formula is C24H21N3O6. The number of anilines is 1. The van der Waals surface area contributed by atoms with Gasteiger partial charge in [-0.05, 0) is 29.8 Å². The van der Waals surface area contributed by atoms with Gasteiger partial charge in [0.1, 0.15) is 11.5 Å². The van der Waals surface area contributed by atoms with Gasteiger partial charge in [0.15, 0.2) is 0 Å². The number of hydrogen-bond acceptors (Lipinski definition) is 7. The number of Topliss-reactive ketones (excluding diaryl/α,β-unsaturated/α-hetero) is 1. The molecule has 0 radical (unpaired) electrons. The minimum absolute atomic E-state index is 0.0173. The SMILES string of the molecule is CN(C)c1ccc([C@H]2/C(=C(\O)c3cccc([N+](=O)[O-])c3)C(=O)C(=O)N2Cc2ccco2)cc1. The summed E-state index contributed by atoms with van der Waals surface area (Å²) in [5.74, 6) is -1.66. The molecule has 33 heavy (non-hydrogen) atoms. The van der Waals surface area contributed by atoms with Crippen LogP contribution < -0.4 is 4.90 Å². The summed E-state index contributed by atoms with van der Waals surface area (Å²) in [6, 6.07) is 15.0. The van der Waals surface area contributed by atoms with Gasteiger partial charge in [0, 0.05) is 37.5 Å². The normalized spacial score (nSPS) is 17.4. The second-order valence-electron chi connectivity index (χ2n) is 7.80. The minimum Gasteiger partial charge on any atom is -0.507 e. The summed E-state index contributed by atoms with van der Waals surface area (Å²) in [5.41, 5.74) is 1.23. The molecule has 0 spiro atoms. The molecule has 3 aromatic rings. The number of non-ortho nitro benzene ring substituents is 1. The molecular weight excluding hydrogens is 426 g/mol. The van der Waals surface area contributed by atoms with Gasteiger partial charge in [-0.1, -0.05) is 24.3 Å². The number of ketones is 1. The van der Waals surface area contributed by atoms with Crippen LogP contribution in [0.5, 0.6) is 0 Å². The van der Waals surface area contributed by atoms with Crippen LogP contribution in [-0.4, -0.2) is 40.7 Å². The van der Waals surface area contributed by atoms with Crippen molar-refractivity contribution in [2.24, 2.45) is 0 Å². The van der Waals surface area contributed by atoms with Gasteiger partial charge < -0.3 is 19.3 Å². The van der Waals surface area contributed by atoms with Gasteiger partial charge in [-0.2, -0.15) is 0 Å². The van der Waals surface area contributed by atoms with E-state index >= 15 is 0 Å². The number of benzene rings is 2. The largest absolute Gasteiger partial charge is 0.507 e. The Morgan fingerprint density at radius 3 is 2.45 bits per heavy atom. The van der Waals surface area contributed by atoms with Crippen LogP contribution in [0.1, 0.15) is 22.9 Å². The molecule has 1 aliphatic heterocycles. The number of rotatable bonds is 6. The summed E-state index contributed by atoms with van der Waals surface area (Å²) < 4.78 is 5.37. The molecule has 2 heterocycles. The van der Waals surface area contributed by atoms with Crippen molar-refractivity contribution < 1.29 is 24.0 Å². The topological polar surface area (TPSA) is 117 Å². The van der Waals surface area contributed by atoms with Crippen LogP contribution in [0.2, 0.25) is 0 Å². The third-order valence-corrected chi connectivity index (χ3v) is 5.50. The summed E-state index contributed by atoms with van der Waals surface area (Å²) in [7, 11) is 3.78. The first-order chi connectivity index (χ1) is 15.8. The number of carbonyl (C=O) groups excluding carboxylic acids is 2. The van der Waals surface area contributed by atoms with Crippen molar-refractivity contribution in [3.8, 4) is 0 Å². The van der Waals surface area contributed by atoms with Crippen molar-refractivity contribution in [3.05, 3.63) is 99.5 Å². The summed E-state index contributed by atoms with van der Waals surface area (Å²) in [6.07, 6.45) is 1.47. The predicted octanol–water partition coefficient (Wildman–Crippen LogP) is 3.88. The number of amides is 1. The Kier molecular flexibility index (Phi) is 5.70. The first-order valence-electron chi connectivity index (χ1n) is 10.1. The highest BCUT2D eigenvalue weighted by molar-refractivity contribution is 6.46. The van der Waals surface area contributed by atoms with Gasteiger partial charge in [0.25, 0.3) is 17.4 Å². The Morgan fingerprint density at radius 1 is 1.12 bits per heavy atom. The lowest BCUT2D eigenvalue weighted by Crippen LogP contribution is -2.29. The van der Waals surface area contributed by atoms with Gasteiger partial charge in [-0.3, -0.25) is 19.7 Å². The van der Waals surface area contributed by atoms with Gasteiger partial charge in [-0.15, -0.1) is 0 Å². The molecule has 1 saturated heterocycles. The second kappa shape index (κ2) is 8.62. The monoisotopic (exact) mass is 447 g/mol. The van der Waals surface area contributed by atoms with E-state index in [1.165, 1.54) is 35.4 Å². The summed E-state index contributed by atoms with van der Waals surface area (Å²) in [5, 5.41) is 22.2. The molecule has 0 saturated carbocycles. The zero-order valence-corrected chi connectivity index (χ0v) is 18.0. The van der Waals surface area contributed by atoms with Crippen LogP contribution in [0.4, 0.5) is 11.4 Å². The van der Waals surface area contributed by atoms with E-state index in [0.717, 1.165) is 5.69 Å². The molecule has 2 aromatic carbocycles. The fourth-order valence-electron chi connectivity index (χ4n) is 3.84. The van der Waals surface area contributed by atoms with Gasteiger partial charge >= 0.3 is 0 Å². The average molecular weight is 447 g/mol. The highest BCUT2D eigenvalue weighted by Crippen LogP contribution is 2.41. The first kappa shape index (κ1) is 21.8. The summed E-state index contributed by atoms with van der Waals surface area (Å²) >= 11 is 0. The van der Waals surface area contributed by atoms with Crippen LogP contribution in [-0.2, 0) is 16.1 Å². The third-order valence-electron chi connectivity index (χ3n) is 5.50. The van der Waals surface area contributed by atoms with Crippen LogP contribution >= 0.6 is 0 Å². The molecule has 4 rings (SSSR count). The molecule has 1 aliphatic rings. The van der Waals surface area contributed by atoms with E-state index < -0.39 is 28.4 Å². The van der Waals surface area contributed by atoms with E-state index in [-0.39, 0.29) is 23.4 Å². The molecule has 168 valence electrons. The van der Waals surface area contributed by atoms with Crippen LogP contribution in [0.15, 0.2) is 76.9 Å². The maximum absolute atomic E-state index is 13.1. The van der Waals surface area contributed by atoms with E-state index in [4.69, 9.17) is 4.42 Å².